The van der Waals surface area contributed by atoms with Gasteiger partial charge in [0.2, 0.25) is 0 Å². The van der Waals surface area contributed by atoms with Gasteiger partial charge in [-0.05, 0) is 19.2 Å². The summed E-state index contributed by atoms with van der Waals surface area (Å²) in [5, 5.41) is 12.5. The molecule has 1 aromatic heterocycles. The van der Waals surface area contributed by atoms with Gasteiger partial charge in [-0.2, -0.15) is 11.8 Å². The molecule has 1 aromatic rings. The maximum absolute atomic E-state index is 11.8. The molecule has 0 spiro atoms. The summed E-state index contributed by atoms with van der Waals surface area (Å²) in [5.74, 6) is 0.227. The van der Waals surface area contributed by atoms with E-state index < -0.39 is 5.60 Å². The van der Waals surface area contributed by atoms with Gasteiger partial charge in [-0.15, -0.1) is 11.3 Å². The van der Waals surface area contributed by atoms with Gasteiger partial charge in [-0.1, -0.05) is 23.2 Å². The molecule has 0 aromatic carbocycles. The lowest BCUT2D eigenvalue weighted by Gasteiger charge is -2.22. The first-order valence-corrected chi connectivity index (χ1v) is 7.77. The van der Waals surface area contributed by atoms with E-state index >= 15 is 0 Å². The molecule has 2 N–H and O–H groups in total. The van der Waals surface area contributed by atoms with Gasteiger partial charge in [0.05, 0.1) is 15.5 Å². The fourth-order valence-corrected chi connectivity index (χ4v) is 3.41. The number of hydrogen-bond acceptors (Lipinski definition) is 4. The van der Waals surface area contributed by atoms with E-state index in [4.69, 9.17) is 23.2 Å². The highest BCUT2D eigenvalue weighted by Crippen LogP contribution is 2.31. The second kappa shape index (κ2) is 6.29. The molecule has 96 valence electrons. The highest BCUT2D eigenvalue weighted by Gasteiger charge is 2.22. The monoisotopic (exact) mass is 313 g/mol. The van der Waals surface area contributed by atoms with Crippen molar-refractivity contribution >= 4 is 52.2 Å². The first-order chi connectivity index (χ1) is 7.85. The van der Waals surface area contributed by atoms with E-state index in [-0.39, 0.29) is 12.5 Å². The number of carbonyl (C=O) groups is 1. The Kier molecular flexibility index (Phi) is 5.60. The first kappa shape index (κ1) is 15.1. The Hall–Kier alpha value is 0.0600. The van der Waals surface area contributed by atoms with Crippen molar-refractivity contribution in [2.45, 2.75) is 12.5 Å². The maximum Gasteiger partial charge on any atom is 0.253 e. The van der Waals surface area contributed by atoms with Crippen LogP contribution in [0.5, 0.6) is 0 Å². The van der Waals surface area contributed by atoms with Gasteiger partial charge in [0, 0.05) is 12.3 Å². The number of halogens is 2. The Morgan fingerprint density at radius 3 is 2.76 bits per heavy atom. The molecule has 0 saturated heterocycles. The lowest BCUT2D eigenvalue weighted by molar-refractivity contribution is 0.0725. The van der Waals surface area contributed by atoms with E-state index in [0.717, 1.165) is 11.3 Å². The van der Waals surface area contributed by atoms with Crippen molar-refractivity contribution in [1.82, 2.24) is 5.32 Å². The molecule has 0 aliphatic rings. The van der Waals surface area contributed by atoms with Crippen LogP contribution in [0, 0.1) is 0 Å². The number of hydrogen-bond donors (Lipinski definition) is 2. The molecule has 0 radical (unpaired) electrons. The Morgan fingerprint density at radius 1 is 1.65 bits per heavy atom. The number of rotatable bonds is 5. The molecule has 0 saturated carbocycles. The van der Waals surface area contributed by atoms with Crippen LogP contribution in [0.4, 0.5) is 0 Å². The second-order valence-electron chi connectivity index (χ2n) is 3.85. The van der Waals surface area contributed by atoms with Crippen molar-refractivity contribution in [3.63, 3.8) is 0 Å². The number of carbonyl (C=O) groups excluding carboxylic acids is 1. The van der Waals surface area contributed by atoms with Crippen LogP contribution in [-0.2, 0) is 0 Å². The summed E-state index contributed by atoms with van der Waals surface area (Å²) in [7, 11) is 0. The molecule has 7 heteroatoms. The molecular formula is C10H13Cl2NO2S2. The number of thiophene rings is 1. The molecule has 0 fully saturated rings. The minimum absolute atomic E-state index is 0.177. The average Bonchev–Trinajstić information content (AvgIpc) is 2.54. The topological polar surface area (TPSA) is 49.3 Å². The summed E-state index contributed by atoms with van der Waals surface area (Å²) in [5.41, 5.74) is -0.580. The predicted molar refractivity (Wildman–Crippen MR) is 75.7 cm³/mol. The predicted octanol–water partition coefficient (Wildman–Crippen LogP) is 2.90. The zero-order valence-electron chi connectivity index (χ0n) is 9.42. The fraction of sp³-hybridized carbons (Fsp3) is 0.500. The van der Waals surface area contributed by atoms with Crippen molar-refractivity contribution < 1.29 is 9.90 Å². The van der Waals surface area contributed by atoms with E-state index in [2.05, 4.69) is 5.32 Å². The molecular weight excluding hydrogens is 301 g/mol. The molecule has 17 heavy (non-hydrogen) atoms. The number of aliphatic hydroxyl groups is 1. The van der Waals surface area contributed by atoms with Crippen molar-refractivity contribution in [3.05, 3.63) is 20.3 Å². The SMILES string of the molecule is CSCC(C)(O)CNC(=O)c1cc(Cl)sc1Cl. The van der Waals surface area contributed by atoms with Crippen LogP contribution in [0.2, 0.25) is 8.67 Å². The van der Waals surface area contributed by atoms with Crippen LogP contribution < -0.4 is 5.32 Å². The third-order valence-electron chi connectivity index (χ3n) is 1.99. The van der Waals surface area contributed by atoms with Crippen LogP contribution in [0.1, 0.15) is 17.3 Å². The summed E-state index contributed by atoms with van der Waals surface area (Å²) < 4.78 is 0.827. The average molecular weight is 314 g/mol. The van der Waals surface area contributed by atoms with Gasteiger partial charge >= 0.3 is 0 Å². The molecule has 1 atom stereocenters. The zero-order chi connectivity index (χ0) is 13.1. The van der Waals surface area contributed by atoms with Crippen molar-refractivity contribution in [2.75, 3.05) is 18.6 Å². The van der Waals surface area contributed by atoms with Gasteiger partial charge in [0.1, 0.15) is 4.34 Å². The largest absolute Gasteiger partial charge is 0.387 e. The standard InChI is InChI=1S/C10H13Cl2NO2S2/c1-10(15,5-16-2)4-13-9(14)6-3-7(11)17-8(6)12/h3,15H,4-5H2,1-2H3,(H,13,14). The van der Waals surface area contributed by atoms with Gasteiger partial charge in [-0.25, -0.2) is 0 Å². The number of nitrogens with one attached hydrogen (secondary N) is 1. The molecule has 1 amide bonds. The van der Waals surface area contributed by atoms with Crippen molar-refractivity contribution in [3.8, 4) is 0 Å². The minimum atomic E-state index is -0.929. The molecule has 0 aliphatic carbocycles. The van der Waals surface area contributed by atoms with Crippen LogP contribution in [0.15, 0.2) is 6.07 Å². The summed E-state index contributed by atoms with van der Waals surface area (Å²) in [6.07, 6.45) is 1.89. The molecule has 1 heterocycles. The van der Waals surface area contributed by atoms with E-state index in [1.54, 1.807) is 6.92 Å². The van der Waals surface area contributed by atoms with Crippen molar-refractivity contribution in [1.29, 1.82) is 0 Å². The molecule has 1 rings (SSSR count). The van der Waals surface area contributed by atoms with E-state index in [0.29, 0.717) is 20.0 Å². The maximum atomic E-state index is 11.8. The summed E-state index contributed by atoms with van der Waals surface area (Å²) >= 11 is 14.3. The highest BCUT2D eigenvalue weighted by atomic mass is 35.5. The van der Waals surface area contributed by atoms with Crippen molar-refractivity contribution in [2.24, 2.45) is 0 Å². The Balaban J connectivity index is 2.59. The minimum Gasteiger partial charge on any atom is -0.387 e. The zero-order valence-corrected chi connectivity index (χ0v) is 12.6. The van der Waals surface area contributed by atoms with Gasteiger partial charge in [0.25, 0.3) is 5.91 Å². The van der Waals surface area contributed by atoms with Crippen LogP contribution in [0.3, 0.4) is 0 Å². The molecule has 0 bridgehead atoms. The Labute approximate surface area is 118 Å². The second-order valence-corrected chi connectivity index (χ2v) is 7.00. The van der Waals surface area contributed by atoms with Crippen LogP contribution in [-0.4, -0.2) is 35.2 Å². The number of thioether (sulfide) groups is 1. The van der Waals surface area contributed by atoms with Gasteiger partial charge in [-0.3, -0.25) is 4.79 Å². The van der Waals surface area contributed by atoms with E-state index in [1.807, 2.05) is 6.26 Å². The summed E-state index contributed by atoms with van der Waals surface area (Å²) in [4.78, 5) is 11.8. The van der Waals surface area contributed by atoms with E-state index in [9.17, 15) is 9.90 Å². The number of amides is 1. The Morgan fingerprint density at radius 2 is 2.29 bits per heavy atom. The third kappa shape index (κ3) is 4.67. The highest BCUT2D eigenvalue weighted by molar-refractivity contribution is 7.98. The van der Waals surface area contributed by atoms with E-state index in [1.165, 1.54) is 17.8 Å². The molecule has 3 nitrogen and oxygen atoms in total. The summed E-state index contributed by atoms with van der Waals surface area (Å²) in [6, 6.07) is 1.52. The molecule has 0 aliphatic heterocycles. The fourth-order valence-electron chi connectivity index (χ4n) is 1.22. The quantitative estimate of drug-likeness (QED) is 0.878. The lowest BCUT2D eigenvalue weighted by atomic mass is 10.1. The van der Waals surface area contributed by atoms with Gasteiger partial charge in [0.15, 0.2) is 0 Å². The smallest absolute Gasteiger partial charge is 0.253 e. The van der Waals surface area contributed by atoms with Gasteiger partial charge < -0.3 is 10.4 Å². The third-order valence-corrected chi connectivity index (χ3v) is 4.38. The first-order valence-electron chi connectivity index (χ1n) is 4.80. The Bertz CT molecular complexity index is 407. The summed E-state index contributed by atoms with van der Waals surface area (Å²) in [6.45, 7) is 1.85. The van der Waals surface area contributed by atoms with Crippen LogP contribution >= 0.6 is 46.3 Å². The molecule has 1 unspecified atom stereocenters. The van der Waals surface area contributed by atoms with Crippen LogP contribution in [0.25, 0.3) is 0 Å². The lowest BCUT2D eigenvalue weighted by Crippen LogP contribution is -2.42. The normalized spacial score (nSPS) is 14.4.